The fourth-order valence-electron chi connectivity index (χ4n) is 4.38. The summed E-state index contributed by atoms with van der Waals surface area (Å²) in [6.07, 6.45) is 0.466. The second-order valence-corrected chi connectivity index (χ2v) is 8.78. The summed E-state index contributed by atoms with van der Waals surface area (Å²) < 4.78 is 11.2. The van der Waals surface area contributed by atoms with Crippen LogP contribution in [0.4, 0.5) is 0 Å². The molecule has 1 unspecified atom stereocenters. The minimum Gasteiger partial charge on any atom is -0.497 e. The van der Waals surface area contributed by atoms with Crippen molar-refractivity contribution in [3.63, 3.8) is 0 Å². The molecule has 3 aromatic rings. The quantitative estimate of drug-likeness (QED) is 0.516. The zero-order chi connectivity index (χ0) is 24.8. The Kier molecular flexibility index (Phi) is 7.02. The smallest absolute Gasteiger partial charge is 0.304 e. The van der Waals surface area contributed by atoms with Crippen LogP contribution in [0.15, 0.2) is 72.8 Å². The van der Waals surface area contributed by atoms with Crippen molar-refractivity contribution >= 4 is 11.9 Å². The number of carboxylic acid groups (broad SMARTS) is 1. The van der Waals surface area contributed by atoms with Crippen molar-refractivity contribution < 1.29 is 24.2 Å². The van der Waals surface area contributed by atoms with Crippen LogP contribution in [0.2, 0.25) is 0 Å². The van der Waals surface area contributed by atoms with Gasteiger partial charge in [-0.15, -0.1) is 0 Å². The lowest BCUT2D eigenvalue weighted by Gasteiger charge is -2.28. The van der Waals surface area contributed by atoms with Gasteiger partial charge in [0.2, 0.25) is 0 Å². The standard InChI is InChI=1S/C28H26N2O5/c1-34-24-10-8-23(9-11-24)27(33)30-15-14-28(18-30,16-26(31)32)19-35-25-12-6-22(7-13-25)21-4-2-20(17-29)3-5-21/h2-13H,14-16,18-19H2,1H3,(H,31,32). The Morgan fingerprint density at radius 3 is 2.14 bits per heavy atom. The maximum atomic E-state index is 13.0. The van der Waals surface area contributed by atoms with E-state index in [0.717, 1.165) is 11.1 Å². The number of hydrogen-bond acceptors (Lipinski definition) is 5. The number of likely N-dealkylation sites (tertiary alicyclic amines) is 1. The minimum atomic E-state index is -0.913. The molecule has 0 spiro atoms. The zero-order valence-electron chi connectivity index (χ0n) is 19.4. The molecular weight excluding hydrogens is 444 g/mol. The molecule has 3 aromatic carbocycles. The third-order valence-electron chi connectivity index (χ3n) is 6.34. The number of hydrogen-bond donors (Lipinski definition) is 1. The predicted octanol–water partition coefficient (Wildman–Crippen LogP) is 4.62. The summed E-state index contributed by atoms with van der Waals surface area (Å²) in [7, 11) is 1.57. The molecule has 1 heterocycles. The van der Waals surface area contributed by atoms with Crippen LogP contribution in [-0.2, 0) is 4.79 Å². The summed E-state index contributed by atoms with van der Waals surface area (Å²) >= 11 is 0. The number of nitriles is 1. The Bertz CT molecular complexity index is 1230. The summed E-state index contributed by atoms with van der Waals surface area (Å²) in [4.78, 5) is 26.3. The molecule has 1 fully saturated rings. The van der Waals surface area contributed by atoms with Crippen LogP contribution in [0, 0.1) is 16.7 Å². The largest absolute Gasteiger partial charge is 0.497 e. The lowest BCUT2D eigenvalue weighted by molar-refractivity contribution is -0.140. The number of carbonyl (C=O) groups is 2. The third kappa shape index (κ3) is 5.61. The van der Waals surface area contributed by atoms with Crippen LogP contribution in [-0.4, -0.2) is 48.7 Å². The number of benzene rings is 3. The molecule has 0 radical (unpaired) electrons. The van der Waals surface area contributed by atoms with E-state index in [4.69, 9.17) is 14.7 Å². The second kappa shape index (κ2) is 10.3. The first kappa shape index (κ1) is 23.8. The monoisotopic (exact) mass is 470 g/mol. The van der Waals surface area contributed by atoms with Crippen molar-refractivity contribution in [3.05, 3.63) is 83.9 Å². The van der Waals surface area contributed by atoms with E-state index in [1.54, 1.807) is 48.4 Å². The Hall–Kier alpha value is -4.31. The number of carboxylic acids is 1. The molecular formula is C28H26N2O5. The molecule has 0 aliphatic carbocycles. The van der Waals surface area contributed by atoms with Crippen LogP contribution in [0.25, 0.3) is 11.1 Å². The molecule has 178 valence electrons. The van der Waals surface area contributed by atoms with Gasteiger partial charge in [-0.3, -0.25) is 9.59 Å². The average Bonchev–Trinajstić information content (AvgIpc) is 3.31. The zero-order valence-corrected chi connectivity index (χ0v) is 19.4. The van der Waals surface area contributed by atoms with Crippen LogP contribution in [0.5, 0.6) is 11.5 Å². The first-order chi connectivity index (χ1) is 16.9. The topological polar surface area (TPSA) is 99.9 Å². The molecule has 1 saturated heterocycles. The Labute approximate surface area is 204 Å². The molecule has 7 nitrogen and oxygen atoms in total. The molecule has 35 heavy (non-hydrogen) atoms. The SMILES string of the molecule is COc1ccc(C(=O)N2CCC(COc3ccc(-c4ccc(C#N)cc4)cc3)(CC(=O)O)C2)cc1. The van der Waals surface area contributed by atoms with Gasteiger partial charge in [0.25, 0.3) is 5.91 Å². The Balaban J connectivity index is 1.42. The Morgan fingerprint density at radius 1 is 0.971 bits per heavy atom. The Morgan fingerprint density at radius 2 is 1.57 bits per heavy atom. The molecule has 1 aliphatic rings. The molecule has 1 N–H and O–H groups in total. The van der Waals surface area contributed by atoms with Gasteiger partial charge in [-0.05, 0) is 66.1 Å². The predicted molar refractivity (Wildman–Crippen MR) is 130 cm³/mol. The van der Waals surface area contributed by atoms with E-state index in [1.165, 1.54) is 0 Å². The maximum Gasteiger partial charge on any atom is 0.304 e. The van der Waals surface area contributed by atoms with E-state index in [-0.39, 0.29) is 18.9 Å². The van der Waals surface area contributed by atoms with Gasteiger partial charge in [-0.25, -0.2) is 0 Å². The number of nitrogens with zero attached hydrogens (tertiary/aromatic N) is 2. The van der Waals surface area contributed by atoms with E-state index in [1.807, 2.05) is 36.4 Å². The highest BCUT2D eigenvalue weighted by Crippen LogP contribution is 2.36. The molecule has 1 atom stereocenters. The summed E-state index contributed by atoms with van der Waals surface area (Å²) in [6.45, 7) is 0.981. The highest BCUT2D eigenvalue weighted by Gasteiger charge is 2.42. The van der Waals surface area contributed by atoms with Crippen LogP contribution in [0.3, 0.4) is 0 Å². The molecule has 0 saturated carbocycles. The molecule has 0 aromatic heterocycles. The lowest BCUT2D eigenvalue weighted by Crippen LogP contribution is -2.37. The van der Waals surface area contributed by atoms with Crippen molar-refractivity contribution in [2.24, 2.45) is 5.41 Å². The van der Waals surface area contributed by atoms with Gasteiger partial charge in [0.1, 0.15) is 11.5 Å². The number of methoxy groups -OCH3 is 1. The van der Waals surface area contributed by atoms with Crippen molar-refractivity contribution in [2.45, 2.75) is 12.8 Å². The molecule has 0 bridgehead atoms. The third-order valence-corrected chi connectivity index (χ3v) is 6.34. The van der Waals surface area contributed by atoms with Crippen molar-refractivity contribution in [2.75, 3.05) is 26.8 Å². The van der Waals surface area contributed by atoms with Gasteiger partial charge in [0.15, 0.2) is 0 Å². The number of aliphatic carboxylic acids is 1. The minimum absolute atomic E-state index is 0.0806. The summed E-state index contributed by atoms with van der Waals surface area (Å²) in [5.41, 5.74) is 2.45. The van der Waals surface area contributed by atoms with Crippen LogP contribution in [0.1, 0.15) is 28.8 Å². The first-order valence-corrected chi connectivity index (χ1v) is 11.3. The average molecular weight is 471 g/mol. The van der Waals surface area contributed by atoms with Gasteiger partial charge in [0, 0.05) is 24.1 Å². The first-order valence-electron chi connectivity index (χ1n) is 11.3. The maximum absolute atomic E-state index is 13.0. The fraction of sp³-hybridized carbons (Fsp3) is 0.250. The normalized spacial score (nSPS) is 17.0. The van der Waals surface area contributed by atoms with Crippen molar-refractivity contribution in [1.82, 2.24) is 4.90 Å². The number of amides is 1. The van der Waals surface area contributed by atoms with Gasteiger partial charge >= 0.3 is 5.97 Å². The van der Waals surface area contributed by atoms with E-state index >= 15 is 0 Å². The lowest BCUT2D eigenvalue weighted by atomic mass is 9.84. The second-order valence-electron chi connectivity index (χ2n) is 8.78. The molecule has 4 rings (SSSR count). The van der Waals surface area contributed by atoms with Crippen LogP contribution < -0.4 is 9.47 Å². The van der Waals surface area contributed by atoms with Gasteiger partial charge in [-0.2, -0.15) is 5.26 Å². The summed E-state index contributed by atoms with van der Waals surface area (Å²) in [5, 5.41) is 18.5. The van der Waals surface area contributed by atoms with E-state index in [9.17, 15) is 14.7 Å². The molecule has 1 aliphatic heterocycles. The highest BCUT2D eigenvalue weighted by molar-refractivity contribution is 5.94. The van der Waals surface area contributed by atoms with Gasteiger partial charge < -0.3 is 19.5 Å². The van der Waals surface area contributed by atoms with Crippen molar-refractivity contribution in [1.29, 1.82) is 5.26 Å². The number of ether oxygens (including phenoxy) is 2. The fourth-order valence-corrected chi connectivity index (χ4v) is 4.38. The molecule has 7 heteroatoms. The van der Waals surface area contributed by atoms with E-state index in [2.05, 4.69) is 6.07 Å². The number of carbonyl (C=O) groups excluding carboxylic acids is 1. The number of rotatable bonds is 8. The highest BCUT2D eigenvalue weighted by atomic mass is 16.5. The van der Waals surface area contributed by atoms with Gasteiger partial charge in [0.05, 0.1) is 31.8 Å². The van der Waals surface area contributed by atoms with Crippen LogP contribution >= 0.6 is 0 Å². The van der Waals surface area contributed by atoms with Gasteiger partial charge in [-0.1, -0.05) is 24.3 Å². The summed E-state index contributed by atoms with van der Waals surface area (Å²) in [5.74, 6) is 0.254. The van der Waals surface area contributed by atoms with E-state index < -0.39 is 11.4 Å². The van der Waals surface area contributed by atoms with Crippen molar-refractivity contribution in [3.8, 4) is 28.7 Å². The summed E-state index contributed by atoms with van der Waals surface area (Å²) in [6, 6.07) is 23.9. The van der Waals surface area contributed by atoms with E-state index in [0.29, 0.717) is 42.1 Å². The molecule has 1 amide bonds.